The molecule has 0 amide bonds. The maximum Gasteiger partial charge on any atom is 0.258 e. The summed E-state index contributed by atoms with van der Waals surface area (Å²) < 4.78 is 29.0. The van der Waals surface area contributed by atoms with Gasteiger partial charge in [-0.25, -0.2) is 0 Å². The van der Waals surface area contributed by atoms with E-state index in [0.717, 1.165) is 33.9 Å². The zero-order valence-corrected chi connectivity index (χ0v) is 26.1. The molecule has 38 heavy (non-hydrogen) atoms. The summed E-state index contributed by atoms with van der Waals surface area (Å²) in [5, 5.41) is 0. The average Bonchev–Trinajstić information content (AvgIpc) is 2.87. The maximum atomic E-state index is 6.82. The van der Waals surface area contributed by atoms with Gasteiger partial charge >= 0.3 is 0 Å². The zero-order chi connectivity index (χ0) is 28.3. The highest BCUT2D eigenvalue weighted by Crippen LogP contribution is 2.42. The topological polar surface area (TPSA) is 46.2 Å². The molecule has 0 fully saturated rings. The fourth-order valence-corrected chi connectivity index (χ4v) is 10.4. The van der Waals surface area contributed by atoms with E-state index in [1.165, 1.54) is 5.57 Å². The number of rotatable bonds is 15. The van der Waals surface area contributed by atoms with Gasteiger partial charge in [0.05, 0.1) is 0 Å². The molecule has 0 aliphatic rings. The highest BCUT2D eigenvalue weighted by Gasteiger charge is 2.46. The Bertz CT molecular complexity index is 999. The van der Waals surface area contributed by atoms with Crippen molar-refractivity contribution >= 4 is 20.5 Å². The summed E-state index contributed by atoms with van der Waals surface area (Å²) in [5.74, 6) is 2.43. The molecule has 0 aliphatic carbocycles. The Hall–Kier alpha value is -2.54. The van der Waals surface area contributed by atoms with Crippen molar-refractivity contribution in [2.75, 3.05) is 27.8 Å². The lowest BCUT2D eigenvalue weighted by Crippen LogP contribution is -2.50. The number of ether oxygens (including phenoxy) is 4. The molecule has 0 aliphatic heterocycles. The molecular formula is C32H48O5Si. The lowest BCUT2D eigenvalue weighted by Gasteiger charge is -2.42. The van der Waals surface area contributed by atoms with Gasteiger partial charge in [0.1, 0.15) is 17.2 Å². The lowest BCUT2D eigenvalue weighted by atomic mass is 10.0. The van der Waals surface area contributed by atoms with E-state index in [-0.39, 0.29) is 13.6 Å². The quantitative estimate of drug-likeness (QED) is 0.0977. The number of hydrogen-bond donors (Lipinski definition) is 0. The molecule has 0 N–H and O–H groups in total. The second-order valence-electron chi connectivity index (χ2n) is 10.9. The Labute approximate surface area is 231 Å². The molecule has 0 aromatic heterocycles. The minimum Gasteiger partial charge on any atom is -0.543 e. The summed E-state index contributed by atoms with van der Waals surface area (Å²) in [4.78, 5) is 0. The van der Waals surface area contributed by atoms with Crippen molar-refractivity contribution in [2.24, 2.45) is 0 Å². The van der Waals surface area contributed by atoms with E-state index < -0.39 is 8.32 Å². The molecule has 0 radical (unpaired) electrons. The predicted molar refractivity (Wildman–Crippen MR) is 162 cm³/mol. The molecule has 5 nitrogen and oxygen atoms in total. The van der Waals surface area contributed by atoms with Gasteiger partial charge in [0.15, 0.2) is 13.6 Å². The fourth-order valence-electron chi connectivity index (χ4n) is 5.14. The lowest BCUT2D eigenvalue weighted by molar-refractivity contribution is 0.0448. The van der Waals surface area contributed by atoms with Crippen LogP contribution in [0.15, 0.2) is 48.0 Å². The largest absolute Gasteiger partial charge is 0.543 e. The average molecular weight is 541 g/mol. The molecule has 2 rings (SSSR count). The molecule has 0 spiro atoms. The Morgan fingerprint density at radius 1 is 0.737 bits per heavy atom. The van der Waals surface area contributed by atoms with E-state index >= 15 is 0 Å². The van der Waals surface area contributed by atoms with E-state index in [1.54, 1.807) is 14.2 Å². The van der Waals surface area contributed by atoms with Gasteiger partial charge in [0.25, 0.3) is 8.32 Å². The highest BCUT2D eigenvalue weighted by molar-refractivity contribution is 6.78. The van der Waals surface area contributed by atoms with Gasteiger partial charge in [0, 0.05) is 19.8 Å². The highest BCUT2D eigenvalue weighted by atomic mass is 28.4. The van der Waals surface area contributed by atoms with Crippen molar-refractivity contribution in [2.45, 2.75) is 78.4 Å². The first-order valence-electron chi connectivity index (χ1n) is 13.6. The number of allylic oxidation sites excluding steroid dienone is 2. The molecule has 0 heterocycles. The van der Waals surface area contributed by atoms with Gasteiger partial charge in [-0.1, -0.05) is 77.5 Å². The van der Waals surface area contributed by atoms with Gasteiger partial charge in [-0.2, -0.15) is 0 Å². The van der Waals surface area contributed by atoms with E-state index in [0.29, 0.717) is 23.0 Å². The Kier molecular flexibility index (Phi) is 12.6. The maximum absolute atomic E-state index is 6.82. The van der Waals surface area contributed by atoms with E-state index in [4.69, 9.17) is 23.4 Å². The molecule has 0 bridgehead atoms. The van der Waals surface area contributed by atoms with E-state index in [2.05, 4.69) is 97.9 Å². The normalized spacial score (nSPS) is 12.0. The number of hydrogen-bond acceptors (Lipinski definition) is 5. The van der Waals surface area contributed by atoms with Gasteiger partial charge in [-0.15, -0.1) is 0 Å². The summed E-state index contributed by atoms with van der Waals surface area (Å²) in [6.07, 6.45) is 7.01. The van der Waals surface area contributed by atoms with Crippen LogP contribution in [0.4, 0.5) is 0 Å². The van der Waals surface area contributed by atoms with Crippen LogP contribution in [0.5, 0.6) is 17.2 Å². The SMILES string of the molecule is COCOc1cc(/C=C/c2ccc(O[Si](C(C)C)(C(C)C)C(C)C)cc2)cc(OCOC)c1CC=C(C)C. The van der Waals surface area contributed by atoms with Crippen LogP contribution in [-0.2, 0) is 15.9 Å². The summed E-state index contributed by atoms with van der Waals surface area (Å²) in [6.45, 7) is 18.3. The molecule has 2 aromatic carbocycles. The summed E-state index contributed by atoms with van der Waals surface area (Å²) in [6, 6.07) is 12.5. The third kappa shape index (κ3) is 8.48. The first kappa shape index (κ1) is 31.7. The second kappa shape index (κ2) is 15.1. The van der Waals surface area contributed by atoms with Crippen molar-refractivity contribution in [3.8, 4) is 17.2 Å². The summed E-state index contributed by atoms with van der Waals surface area (Å²) in [5.41, 5.74) is 5.85. The summed E-state index contributed by atoms with van der Waals surface area (Å²) >= 11 is 0. The van der Waals surface area contributed by atoms with Crippen molar-refractivity contribution in [3.63, 3.8) is 0 Å². The van der Waals surface area contributed by atoms with E-state index in [9.17, 15) is 0 Å². The summed E-state index contributed by atoms with van der Waals surface area (Å²) in [7, 11) is 1.25. The third-order valence-electron chi connectivity index (χ3n) is 6.92. The Morgan fingerprint density at radius 2 is 1.21 bits per heavy atom. The van der Waals surface area contributed by atoms with Crippen LogP contribution in [-0.4, -0.2) is 36.1 Å². The van der Waals surface area contributed by atoms with Crippen LogP contribution < -0.4 is 13.9 Å². The standard InChI is InChI=1S/C32H48O5Si/c1-23(2)11-18-30-31(35-21-33-9)19-28(20-32(30)36-22-34-10)13-12-27-14-16-29(17-15-27)37-38(24(3)4,25(5)6)26(7)8/h11-17,19-20,24-26H,18,21-22H2,1-10H3/b13-12+. The van der Waals surface area contributed by atoms with Crippen LogP contribution in [0.25, 0.3) is 12.2 Å². The van der Waals surface area contributed by atoms with E-state index in [1.807, 2.05) is 12.1 Å². The van der Waals surface area contributed by atoms with Gasteiger partial charge < -0.3 is 23.4 Å². The van der Waals surface area contributed by atoms with Crippen molar-refractivity contribution in [1.82, 2.24) is 0 Å². The molecule has 6 heteroatoms. The molecular weight excluding hydrogens is 492 g/mol. The van der Waals surface area contributed by atoms with Crippen molar-refractivity contribution in [3.05, 3.63) is 64.7 Å². The fraction of sp³-hybridized carbons (Fsp3) is 0.500. The first-order valence-corrected chi connectivity index (χ1v) is 15.7. The molecule has 0 atom stereocenters. The number of methoxy groups -OCH3 is 2. The second-order valence-corrected chi connectivity index (χ2v) is 16.3. The van der Waals surface area contributed by atoms with Gasteiger partial charge in [-0.3, -0.25) is 0 Å². The Balaban J connectivity index is 2.36. The minimum absolute atomic E-state index is 0.161. The molecule has 2 aromatic rings. The van der Waals surface area contributed by atoms with Crippen LogP contribution in [0.3, 0.4) is 0 Å². The van der Waals surface area contributed by atoms with Crippen LogP contribution >= 0.6 is 0 Å². The predicted octanol–water partition coefficient (Wildman–Crippen LogP) is 8.89. The minimum atomic E-state index is -1.98. The molecule has 0 unspecified atom stereocenters. The van der Waals surface area contributed by atoms with Gasteiger partial charge in [-0.05, 0) is 72.3 Å². The third-order valence-corrected chi connectivity index (χ3v) is 12.9. The van der Waals surface area contributed by atoms with Crippen LogP contribution in [0.2, 0.25) is 16.6 Å². The van der Waals surface area contributed by atoms with Crippen molar-refractivity contribution in [1.29, 1.82) is 0 Å². The molecule has 0 saturated heterocycles. The molecule has 0 saturated carbocycles. The van der Waals surface area contributed by atoms with Crippen LogP contribution in [0, 0.1) is 0 Å². The number of benzene rings is 2. The first-order chi connectivity index (χ1) is 18.0. The Morgan fingerprint density at radius 3 is 1.63 bits per heavy atom. The van der Waals surface area contributed by atoms with Crippen molar-refractivity contribution < 1.29 is 23.4 Å². The molecule has 210 valence electrons. The van der Waals surface area contributed by atoms with Crippen LogP contribution in [0.1, 0.15) is 72.1 Å². The smallest absolute Gasteiger partial charge is 0.258 e. The zero-order valence-electron chi connectivity index (χ0n) is 25.1. The van der Waals surface area contributed by atoms with Gasteiger partial charge in [0.2, 0.25) is 0 Å². The monoisotopic (exact) mass is 540 g/mol.